The van der Waals surface area contributed by atoms with Gasteiger partial charge in [-0.1, -0.05) is 29.8 Å². The maximum absolute atomic E-state index is 6.54. The molecule has 1 aliphatic carbocycles. The summed E-state index contributed by atoms with van der Waals surface area (Å²) in [6, 6.07) is 10.8. The molecule has 1 aromatic heterocycles. The van der Waals surface area contributed by atoms with Crippen molar-refractivity contribution in [1.82, 2.24) is 4.57 Å². The Bertz CT molecular complexity index is 865. The highest BCUT2D eigenvalue weighted by Gasteiger charge is 2.25. The lowest BCUT2D eigenvalue weighted by atomic mass is 10.0. The zero-order valence-corrected chi connectivity index (χ0v) is 13.6. The van der Waals surface area contributed by atoms with Crippen molar-refractivity contribution in [3.63, 3.8) is 0 Å². The van der Waals surface area contributed by atoms with Gasteiger partial charge >= 0.3 is 0 Å². The Morgan fingerprint density at radius 2 is 1.86 bits per heavy atom. The standard InChI is InChI=1S/C19H20ClN/c1-19(2,3)21-16-9-5-8-15(20)17(16)14-11-10-12-6-4-7-13(12)18(14)21/h5,8-11H,4,6-7H2,1-3H3. The highest BCUT2D eigenvalue weighted by atomic mass is 35.5. The first kappa shape index (κ1) is 13.2. The first-order valence-corrected chi connectivity index (χ1v) is 8.10. The van der Waals surface area contributed by atoms with Gasteiger partial charge in [0.05, 0.1) is 16.1 Å². The highest BCUT2D eigenvalue weighted by Crippen LogP contribution is 2.41. The molecule has 0 amide bonds. The Balaban J connectivity index is 2.31. The minimum atomic E-state index is 0.0440. The fourth-order valence-corrected chi connectivity index (χ4v) is 4.16. The summed E-state index contributed by atoms with van der Waals surface area (Å²) in [5.74, 6) is 0. The number of nitrogens with zero attached hydrogens (tertiary/aromatic N) is 1. The van der Waals surface area contributed by atoms with E-state index in [0.717, 1.165) is 5.02 Å². The molecular formula is C19H20ClN. The maximum atomic E-state index is 6.54. The van der Waals surface area contributed by atoms with Crippen LogP contribution in [0.3, 0.4) is 0 Å². The molecule has 0 N–H and O–H groups in total. The molecule has 2 aromatic carbocycles. The van der Waals surface area contributed by atoms with Crippen LogP contribution in [0, 0.1) is 0 Å². The van der Waals surface area contributed by atoms with Crippen molar-refractivity contribution in [2.45, 2.75) is 45.6 Å². The summed E-state index contributed by atoms with van der Waals surface area (Å²) in [5, 5.41) is 3.38. The van der Waals surface area contributed by atoms with Crippen LogP contribution < -0.4 is 0 Å². The Kier molecular flexibility index (Phi) is 2.68. The second-order valence-corrected chi connectivity index (χ2v) is 7.50. The van der Waals surface area contributed by atoms with Crippen molar-refractivity contribution in [2.75, 3.05) is 0 Å². The molecule has 0 saturated heterocycles. The van der Waals surface area contributed by atoms with E-state index in [0.29, 0.717) is 0 Å². The molecule has 1 aliphatic rings. The van der Waals surface area contributed by atoms with Crippen LogP contribution in [-0.2, 0) is 18.4 Å². The lowest BCUT2D eigenvalue weighted by Gasteiger charge is -2.25. The minimum Gasteiger partial charge on any atom is -0.335 e. The fraction of sp³-hybridized carbons (Fsp3) is 0.368. The number of halogens is 1. The first-order valence-electron chi connectivity index (χ1n) is 7.72. The molecule has 0 saturated carbocycles. The van der Waals surface area contributed by atoms with Gasteiger partial charge < -0.3 is 4.57 Å². The zero-order valence-electron chi connectivity index (χ0n) is 12.8. The van der Waals surface area contributed by atoms with Crippen LogP contribution in [0.1, 0.15) is 38.3 Å². The molecular weight excluding hydrogens is 278 g/mol. The van der Waals surface area contributed by atoms with Gasteiger partial charge in [-0.15, -0.1) is 0 Å². The first-order chi connectivity index (χ1) is 9.98. The van der Waals surface area contributed by atoms with Gasteiger partial charge in [0.1, 0.15) is 0 Å². The predicted molar refractivity (Wildman–Crippen MR) is 91.5 cm³/mol. The van der Waals surface area contributed by atoms with E-state index in [2.05, 4.69) is 49.6 Å². The van der Waals surface area contributed by atoms with E-state index in [1.165, 1.54) is 52.2 Å². The number of hydrogen-bond acceptors (Lipinski definition) is 0. The van der Waals surface area contributed by atoms with Gasteiger partial charge in [0, 0.05) is 16.3 Å². The third-order valence-electron chi connectivity index (χ3n) is 4.65. The maximum Gasteiger partial charge on any atom is 0.0532 e. The number of rotatable bonds is 0. The Labute approximate surface area is 130 Å². The fourth-order valence-electron chi connectivity index (χ4n) is 3.89. The van der Waals surface area contributed by atoms with E-state index in [4.69, 9.17) is 11.6 Å². The van der Waals surface area contributed by atoms with Crippen LogP contribution in [0.2, 0.25) is 5.02 Å². The highest BCUT2D eigenvalue weighted by molar-refractivity contribution is 6.38. The summed E-state index contributed by atoms with van der Waals surface area (Å²) < 4.78 is 2.49. The summed E-state index contributed by atoms with van der Waals surface area (Å²) in [7, 11) is 0. The molecule has 2 heteroatoms. The second kappa shape index (κ2) is 4.27. The van der Waals surface area contributed by atoms with E-state index >= 15 is 0 Å². The summed E-state index contributed by atoms with van der Waals surface area (Å²) in [4.78, 5) is 0. The minimum absolute atomic E-state index is 0.0440. The number of benzene rings is 2. The number of aryl methyl sites for hydroxylation is 2. The van der Waals surface area contributed by atoms with E-state index in [9.17, 15) is 0 Å². The van der Waals surface area contributed by atoms with Crippen molar-refractivity contribution in [1.29, 1.82) is 0 Å². The van der Waals surface area contributed by atoms with Crippen molar-refractivity contribution >= 4 is 33.4 Å². The second-order valence-electron chi connectivity index (χ2n) is 7.09. The van der Waals surface area contributed by atoms with Crippen molar-refractivity contribution in [3.05, 3.63) is 46.5 Å². The van der Waals surface area contributed by atoms with Gasteiger partial charge in [0.15, 0.2) is 0 Å². The van der Waals surface area contributed by atoms with E-state index < -0.39 is 0 Å². The van der Waals surface area contributed by atoms with Gasteiger partial charge in [-0.3, -0.25) is 0 Å². The van der Waals surface area contributed by atoms with Gasteiger partial charge in [-0.25, -0.2) is 0 Å². The number of fused-ring (bicyclic) bond motifs is 5. The molecule has 1 nitrogen and oxygen atoms in total. The molecule has 108 valence electrons. The van der Waals surface area contributed by atoms with Crippen molar-refractivity contribution in [3.8, 4) is 0 Å². The quantitative estimate of drug-likeness (QED) is 0.502. The molecule has 0 spiro atoms. The number of aromatic nitrogens is 1. The molecule has 0 unspecified atom stereocenters. The van der Waals surface area contributed by atoms with Gasteiger partial charge in [-0.05, 0) is 63.3 Å². The van der Waals surface area contributed by atoms with Crippen LogP contribution in [0.25, 0.3) is 21.8 Å². The van der Waals surface area contributed by atoms with Crippen LogP contribution in [0.5, 0.6) is 0 Å². The topological polar surface area (TPSA) is 4.93 Å². The number of hydrogen-bond donors (Lipinski definition) is 0. The molecule has 3 aromatic rings. The predicted octanol–water partition coefficient (Wildman–Crippen LogP) is 5.69. The average molecular weight is 298 g/mol. The largest absolute Gasteiger partial charge is 0.335 e. The summed E-state index contributed by atoms with van der Waals surface area (Å²) in [6.07, 6.45) is 3.68. The lowest BCUT2D eigenvalue weighted by Crippen LogP contribution is -2.21. The Morgan fingerprint density at radius 1 is 1.05 bits per heavy atom. The summed E-state index contributed by atoms with van der Waals surface area (Å²) >= 11 is 6.54. The molecule has 0 aliphatic heterocycles. The van der Waals surface area contributed by atoms with Crippen LogP contribution in [-0.4, -0.2) is 4.57 Å². The lowest BCUT2D eigenvalue weighted by molar-refractivity contribution is 0.422. The monoisotopic (exact) mass is 297 g/mol. The van der Waals surface area contributed by atoms with E-state index in [1.807, 2.05) is 6.07 Å². The Hall–Kier alpha value is -1.47. The molecule has 0 atom stereocenters. The smallest absolute Gasteiger partial charge is 0.0532 e. The Morgan fingerprint density at radius 3 is 2.62 bits per heavy atom. The summed E-state index contributed by atoms with van der Waals surface area (Å²) in [5.41, 5.74) is 5.76. The molecule has 4 rings (SSSR count). The zero-order chi connectivity index (χ0) is 14.8. The van der Waals surface area contributed by atoms with Crippen LogP contribution >= 0.6 is 11.6 Å². The molecule has 0 fully saturated rings. The van der Waals surface area contributed by atoms with Crippen molar-refractivity contribution < 1.29 is 0 Å². The van der Waals surface area contributed by atoms with Gasteiger partial charge in [-0.2, -0.15) is 0 Å². The van der Waals surface area contributed by atoms with Crippen molar-refractivity contribution in [2.24, 2.45) is 0 Å². The normalized spacial score (nSPS) is 15.0. The third-order valence-corrected chi connectivity index (χ3v) is 4.96. The van der Waals surface area contributed by atoms with Gasteiger partial charge in [0.2, 0.25) is 0 Å². The van der Waals surface area contributed by atoms with E-state index in [-0.39, 0.29) is 5.54 Å². The van der Waals surface area contributed by atoms with Crippen LogP contribution in [0.4, 0.5) is 0 Å². The van der Waals surface area contributed by atoms with Crippen LogP contribution in [0.15, 0.2) is 30.3 Å². The SMILES string of the molecule is CC(C)(C)n1c2cccc(Cl)c2c2ccc3c(c21)CCC3. The molecule has 0 bridgehead atoms. The summed E-state index contributed by atoms with van der Waals surface area (Å²) in [6.45, 7) is 6.84. The molecule has 0 radical (unpaired) electrons. The van der Waals surface area contributed by atoms with Gasteiger partial charge in [0.25, 0.3) is 0 Å². The molecule has 1 heterocycles. The average Bonchev–Trinajstić information content (AvgIpc) is 2.98. The molecule has 21 heavy (non-hydrogen) atoms. The third kappa shape index (κ3) is 1.77. The van der Waals surface area contributed by atoms with E-state index in [1.54, 1.807) is 0 Å².